The lowest BCUT2D eigenvalue weighted by molar-refractivity contribution is 0.101. The number of anilines is 2. The number of ketones is 1. The summed E-state index contributed by atoms with van der Waals surface area (Å²) in [5.41, 5.74) is 3.52. The first-order valence-corrected chi connectivity index (χ1v) is 6.91. The number of amides is 2. The molecule has 0 heterocycles. The summed E-state index contributed by atoms with van der Waals surface area (Å²) in [6.07, 6.45) is 0. The maximum absolute atomic E-state index is 12.1. The standard InChI is InChI=1S/C18H18N2O2/c1-12(2)14-7-6-8-15(11-14)19-18(22)20-17-10-5-4-9-16(17)13(3)21/h4-11H,1H2,2-3H3,(H2,19,20,22). The Hall–Kier alpha value is -2.88. The van der Waals surface area contributed by atoms with Crippen molar-refractivity contribution in [1.29, 1.82) is 0 Å². The lowest BCUT2D eigenvalue weighted by Gasteiger charge is -2.11. The predicted molar refractivity (Wildman–Crippen MR) is 90.2 cm³/mol. The zero-order valence-corrected chi connectivity index (χ0v) is 12.6. The fraction of sp³-hybridized carbons (Fsp3) is 0.111. The maximum atomic E-state index is 12.1. The summed E-state index contributed by atoms with van der Waals surface area (Å²) in [6, 6.07) is 13.9. The summed E-state index contributed by atoms with van der Waals surface area (Å²) < 4.78 is 0. The first kappa shape index (κ1) is 15.5. The van der Waals surface area contributed by atoms with Gasteiger partial charge in [-0.15, -0.1) is 0 Å². The number of Topliss-reactive ketones (excluding diaryl/α,β-unsaturated/α-hetero) is 1. The largest absolute Gasteiger partial charge is 0.323 e. The van der Waals surface area contributed by atoms with Crippen LogP contribution in [-0.2, 0) is 0 Å². The monoisotopic (exact) mass is 294 g/mol. The fourth-order valence-electron chi connectivity index (χ4n) is 2.05. The molecule has 4 nitrogen and oxygen atoms in total. The quantitative estimate of drug-likeness (QED) is 0.812. The van der Waals surface area contributed by atoms with Crippen LogP contribution < -0.4 is 10.6 Å². The Morgan fingerprint density at radius 3 is 2.36 bits per heavy atom. The van der Waals surface area contributed by atoms with Crippen molar-refractivity contribution < 1.29 is 9.59 Å². The molecule has 0 saturated heterocycles. The minimum atomic E-state index is -0.396. The van der Waals surface area contributed by atoms with E-state index in [2.05, 4.69) is 17.2 Å². The molecule has 0 fully saturated rings. The second-order valence-electron chi connectivity index (χ2n) is 5.04. The van der Waals surface area contributed by atoms with E-state index >= 15 is 0 Å². The summed E-state index contributed by atoms with van der Waals surface area (Å²) in [5, 5.41) is 5.45. The van der Waals surface area contributed by atoms with Crippen molar-refractivity contribution in [3.8, 4) is 0 Å². The molecular formula is C18H18N2O2. The van der Waals surface area contributed by atoms with E-state index in [4.69, 9.17) is 0 Å². The van der Waals surface area contributed by atoms with E-state index in [-0.39, 0.29) is 5.78 Å². The molecule has 0 unspecified atom stereocenters. The number of hydrogen-bond acceptors (Lipinski definition) is 2. The highest BCUT2D eigenvalue weighted by atomic mass is 16.2. The van der Waals surface area contributed by atoms with Gasteiger partial charge in [0.25, 0.3) is 0 Å². The summed E-state index contributed by atoms with van der Waals surface area (Å²) in [6.45, 7) is 7.25. The highest BCUT2D eigenvalue weighted by Crippen LogP contribution is 2.18. The molecule has 2 aromatic rings. The Labute approximate surface area is 129 Å². The van der Waals surface area contributed by atoms with Crippen molar-refractivity contribution in [1.82, 2.24) is 0 Å². The number of nitrogens with one attached hydrogen (secondary N) is 2. The van der Waals surface area contributed by atoms with E-state index in [0.29, 0.717) is 16.9 Å². The van der Waals surface area contributed by atoms with Gasteiger partial charge in [0, 0.05) is 11.3 Å². The third kappa shape index (κ3) is 3.82. The summed E-state index contributed by atoms with van der Waals surface area (Å²) in [7, 11) is 0. The summed E-state index contributed by atoms with van der Waals surface area (Å²) in [4.78, 5) is 23.6. The van der Waals surface area contributed by atoms with Crippen LogP contribution in [0.4, 0.5) is 16.2 Å². The Balaban J connectivity index is 2.12. The Morgan fingerprint density at radius 1 is 0.955 bits per heavy atom. The molecule has 0 spiro atoms. The SMILES string of the molecule is C=C(C)c1cccc(NC(=O)Nc2ccccc2C(C)=O)c1. The van der Waals surface area contributed by atoms with Crippen LogP contribution >= 0.6 is 0 Å². The molecule has 0 aliphatic heterocycles. The molecule has 0 aliphatic rings. The average Bonchev–Trinajstić information content (AvgIpc) is 2.47. The molecule has 2 amide bonds. The molecule has 112 valence electrons. The van der Waals surface area contributed by atoms with Gasteiger partial charge in [-0.2, -0.15) is 0 Å². The minimum absolute atomic E-state index is 0.0971. The van der Waals surface area contributed by atoms with Gasteiger partial charge in [0.15, 0.2) is 5.78 Å². The molecule has 2 aromatic carbocycles. The van der Waals surface area contributed by atoms with Crippen molar-refractivity contribution in [2.75, 3.05) is 10.6 Å². The Kier molecular flexibility index (Phi) is 4.73. The van der Waals surface area contributed by atoms with Crippen LogP contribution in [0.2, 0.25) is 0 Å². The van der Waals surface area contributed by atoms with Crippen molar-refractivity contribution in [2.24, 2.45) is 0 Å². The van der Waals surface area contributed by atoms with Gasteiger partial charge in [0.1, 0.15) is 0 Å². The van der Waals surface area contributed by atoms with Gasteiger partial charge in [-0.25, -0.2) is 4.79 Å². The number of benzene rings is 2. The number of carbonyl (C=O) groups excluding carboxylic acids is 2. The topological polar surface area (TPSA) is 58.2 Å². The molecule has 2 rings (SSSR count). The average molecular weight is 294 g/mol. The lowest BCUT2D eigenvalue weighted by Crippen LogP contribution is -2.20. The van der Waals surface area contributed by atoms with Crippen molar-refractivity contribution in [2.45, 2.75) is 13.8 Å². The number of allylic oxidation sites excluding steroid dienone is 1. The molecule has 4 heteroatoms. The molecule has 0 radical (unpaired) electrons. The van der Waals surface area contributed by atoms with Crippen molar-refractivity contribution >= 4 is 28.8 Å². The van der Waals surface area contributed by atoms with E-state index < -0.39 is 6.03 Å². The van der Waals surface area contributed by atoms with Crippen LogP contribution in [0.3, 0.4) is 0 Å². The third-order valence-electron chi connectivity index (χ3n) is 3.17. The van der Waals surface area contributed by atoms with Gasteiger partial charge in [-0.05, 0) is 43.7 Å². The third-order valence-corrected chi connectivity index (χ3v) is 3.17. The van der Waals surface area contributed by atoms with Gasteiger partial charge in [-0.1, -0.05) is 36.4 Å². The molecule has 0 aromatic heterocycles. The normalized spacial score (nSPS) is 9.91. The van der Waals surface area contributed by atoms with E-state index in [1.165, 1.54) is 6.92 Å². The highest BCUT2D eigenvalue weighted by Gasteiger charge is 2.09. The van der Waals surface area contributed by atoms with Gasteiger partial charge >= 0.3 is 6.03 Å². The minimum Gasteiger partial charge on any atom is -0.308 e. The molecule has 2 N–H and O–H groups in total. The first-order chi connectivity index (χ1) is 10.5. The van der Waals surface area contributed by atoms with Gasteiger partial charge < -0.3 is 10.6 Å². The predicted octanol–water partition coefficient (Wildman–Crippen LogP) is 4.57. The van der Waals surface area contributed by atoms with Gasteiger partial charge in [0.05, 0.1) is 5.69 Å². The molecule has 0 atom stereocenters. The van der Waals surface area contributed by atoms with Crippen LogP contribution in [0.25, 0.3) is 5.57 Å². The zero-order valence-electron chi connectivity index (χ0n) is 12.6. The molecule has 0 saturated carbocycles. The molecule has 0 bridgehead atoms. The Bertz CT molecular complexity index is 735. The van der Waals surface area contributed by atoms with Crippen molar-refractivity contribution in [3.63, 3.8) is 0 Å². The van der Waals surface area contributed by atoms with Crippen LogP contribution in [0.15, 0.2) is 55.1 Å². The van der Waals surface area contributed by atoms with E-state index in [9.17, 15) is 9.59 Å². The van der Waals surface area contributed by atoms with Gasteiger partial charge in [0.2, 0.25) is 0 Å². The molecule has 0 aliphatic carbocycles. The second-order valence-corrected chi connectivity index (χ2v) is 5.04. The molecular weight excluding hydrogens is 276 g/mol. The van der Waals surface area contributed by atoms with Gasteiger partial charge in [-0.3, -0.25) is 4.79 Å². The van der Waals surface area contributed by atoms with Crippen LogP contribution in [0, 0.1) is 0 Å². The highest BCUT2D eigenvalue weighted by molar-refractivity contribution is 6.06. The van der Waals surface area contributed by atoms with E-state index in [1.807, 2.05) is 25.1 Å². The maximum Gasteiger partial charge on any atom is 0.323 e. The summed E-state index contributed by atoms with van der Waals surface area (Å²) >= 11 is 0. The second kappa shape index (κ2) is 6.72. The number of urea groups is 1. The number of carbonyl (C=O) groups is 2. The lowest BCUT2D eigenvalue weighted by atomic mass is 10.1. The fourth-order valence-corrected chi connectivity index (χ4v) is 2.05. The first-order valence-electron chi connectivity index (χ1n) is 6.91. The molecule has 22 heavy (non-hydrogen) atoms. The van der Waals surface area contributed by atoms with E-state index in [0.717, 1.165) is 11.1 Å². The number of rotatable bonds is 4. The van der Waals surface area contributed by atoms with Crippen LogP contribution in [-0.4, -0.2) is 11.8 Å². The Morgan fingerprint density at radius 2 is 1.68 bits per heavy atom. The van der Waals surface area contributed by atoms with Crippen molar-refractivity contribution in [3.05, 3.63) is 66.2 Å². The number of para-hydroxylation sites is 1. The van der Waals surface area contributed by atoms with Crippen LogP contribution in [0.1, 0.15) is 29.8 Å². The zero-order chi connectivity index (χ0) is 16.1. The van der Waals surface area contributed by atoms with Crippen LogP contribution in [0.5, 0.6) is 0 Å². The number of hydrogen-bond donors (Lipinski definition) is 2. The summed E-state index contributed by atoms with van der Waals surface area (Å²) in [5.74, 6) is -0.0971. The van der Waals surface area contributed by atoms with E-state index in [1.54, 1.807) is 30.3 Å². The smallest absolute Gasteiger partial charge is 0.308 e.